The predicted octanol–water partition coefficient (Wildman–Crippen LogP) is -1.99. The number of amides is 4. The lowest BCUT2D eigenvalue weighted by Crippen LogP contribution is -2.59. The Morgan fingerprint density at radius 3 is 2.00 bits per heavy atom. The monoisotopic (exact) mass is 479 g/mol. The van der Waals surface area contributed by atoms with Crippen molar-refractivity contribution in [2.24, 2.45) is 17.4 Å². The topological polar surface area (TPSA) is 214 Å². The Morgan fingerprint density at radius 2 is 1.50 bits per heavy atom. The highest BCUT2D eigenvalue weighted by molar-refractivity contribution is 5.94. The van der Waals surface area contributed by atoms with Crippen LogP contribution in [0.1, 0.15) is 32.3 Å². The van der Waals surface area contributed by atoms with Crippen molar-refractivity contribution in [2.45, 2.75) is 57.3 Å². The summed E-state index contributed by atoms with van der Waals surface area (Å²) in [5.41, 5.74) is 11.8. The summed E-state index contributed by atoms with van der Waals surface area (Å²) in [6.07, 6.45) is -0.257. The molecule has 0 bridgehead atoms. The van der Waals surface area contributed by atoms with Gasteiger partial charge in [-0.05, 0) is 24.3 Å². The number of carboxylic acid groups (broad SMARTS) is 1. The molecular weight excluding hydrogens is 446 g/mol. The van der Waals surface area contributed by atoms with Crippen molar-refractivity contribution in [3.05, 3.63) is 35.9 Å². The number of hydrogen-bond acceptors (Lipinski definition) is 7. The Hall–Kier alpha value is -3.51. The number of carbonyl (C=O) groups excluding carboxylic acids is 4. The predicted molar refractivity (Wildman–Crippen MR) is 122 cm³/mol. The molecule has 0 fully saturated rings. The van der Waals surface area contributed by atoms with E-state index < -0.39 is 66.3 Å². The Labute approximate surface area is 197 Å². The molecule has 0 radical (unpaired) electrons. The SMILES string of the molecule is CC(C)C(NC(=O)C(CO)NC(=O)C(N)Cc1ccccc1)C(=O)NC(CCC(N)=O)C(=O)O. The number of aliphatic hydroxyl groups is 1. The van der Waals surface area contributed by atoms with Gasteiger partial charge in [-0.25, -0.2) is 4.79 Å². The summed E-state index contributed by atoms with van der Waals surface area (Å²) in [6, 6.07) is 4.08. The van der Waals surface area contributed by atoms with Crippen LogP contribution in [0.5, 0.6) is 0 Å². The summed E-state index contributed by atoms with van der Waals surface area (Å²) in [5.74, 6) is -4.87. The van der Waals surface area contributed by atoms with Crippen LogP contribution >= 0.6 is 0 Å². The van der Waals surface area contributed by atoms with Gasteiger partial charge in [0, 0.05) is 6.42 Å². The van der Waals surface area contributed by atoms with E-state index in [-0.39, 0.29) is 19.3 Å². The van der Waals surface area contributed by atoms with Crippen LogP contribution in [0, 0.1) is 5.92 Å². The second kappa shape index (κ2) is 13.9. The summed E-state index contributed by atoms with van der Waals surface area (Å²) in [5, 5.41) is 25.9. The van der Waals surface area contributed by atoms with Gasteiger partial charge in [0.2, 0.25) is 23.6 Å². The highest BCUT2D eigenvalue weighted by Crippen LogP contribution is 2.06. The van der Waals surface area contributed by atoms with Crippen molar-refractivity contribution in [1.29, 1.82) is 0 Å². The first-order valence-electron chi connectivity index (χ1n) is 10.8. The van der Waals surface area contributed by atoms with E-state index in [1.165, 1.54) is 0 Å². The third-order valence-corrected chi connectivity index (χ3v) is 4.99. The quantitative estimate of drug-likeness (QED) is 0.158. The molecular formula is C22H33N5O7. The molecule has 0 aliphatic carbocycles. The van der Waals surface area contributed by atoms with Gasteiger partial charge in [0.1, 0.15) is 18.1 Å². The number of primary amides is 1. The van der Waals surface area contributed by atoms with Gasteiger partial charge < -0.3 is 37.6 Å². The van der Waals surface area contributed by atoms with Crippen LogP contribution < -0.4 is 27.4 Å². The first-order chi connectivity index (χ1) is 16.0. The van der Waals surface area contributed by atoms with Crippen molar-refractivity contribution in [3.63, 3.8) is 0 Å². The molecule has 1 aromatic rings. The molecule has 0 aromatic heterocycles. The molecule has 4 unspecified atom stereocenters. The van der Waals surface area contributed by atoms with Crippen molar-refractivity contribution in [1.82, 2.24) is 16.0 Å². The van der Waals surface area contributed by atoms with Crippen LogP contribution in [0.4, 0.5) is 0 Å². The fourth-order valence-electron chi connectivity index (χ4n) is 3.03. The molecule has 4 atom stereocenters. The van der Waals surface area contributed by atoms with Crippen LogP contribution in [-0.2, 0) is 30.4 Å². The van der Waals surface area contributed by atoms with Crippen molar-refractivity contribution in [2.75, 3.05) is 6.61 Å². The van der Waals surface area contributed by atoms with E-state index in [0.29, 0.717) is 0 Å². The van der Waals surface area contributed by atoms with E-state index in [4.69, 9.17) is 11.5 Å². The molecule has 12 nitrogen and oxygen atoms in total. The number of aliphatic hydroxyl groups excluding tert-OH is 1. The molecule has 188 valence electrons. The number of rotatable bonds is 14. The zero-order valence-electron chi connectivity index (χ0n) is 19.2. The van der Waals surface area contributed by atoms with Gasteiger partial charge in [-0.3, -0.25) is 19.2 Å². The van der Waals surface area contributed by atoms with Gasteiger partial charge in [-0.15, -0.1) is 0 Å². The maximum atomic E-state index is 12.7. The van der Waals surface area contributed by atoms with E-state index in [0.717, 1.165) is 5.56 Å². The molecule has 0 saturated heterocycles. The molecule has 1 aromatic carbocycles. The average molecular weight is 480 g/mol. The van der Waals surface area contributed by atoms with Crippen molar-refractivity contribution >= 4 is 29.6 Å². The van der Waals surface area contributed by atoms with Crippen molar-refractivity contribution < 1.29 is 34.2 Å². The summed E-state index contributed by atoms with van der Waals surface area (Å²) in [6.45, 7) is 2.48. The number of nitrogens with one attached hydrogen (secondary N) is 3. The molecule has 0 aliphatic rings. The molecule has 0 saturated carbocycles. The Bertz CT molecular complexity index is 862. The summed E-state index contributed by atoms with van der Waals surface area (Å²) < 4.78 is 0. The van der Waals surface area contributed by atoms with E-state index in [1.807, 2.05) is 6.07 Å². The lowest BCUT2D eigenvalue weighted by molar-refractivity contribution is -0.143. The molecule has 9 N–H and O–H groups in total. The number of benzene rings is 1. The number of carboxylic acids is 1. The number of hydrogen-bond donors (Lipinski definition) is 7. The summed E-state index contributed by atoms with van der Waals surface area (Å²) >= 11 is 0. The molecule has 0 spiro atoms. The second-order valence-electron chi connectivity index (χ2n) is 8.17. The van der Waals surface area contributed by atoms with Crippen LogP contribution in [0.25, 0.3) is 0 Å². The highest BCUT2D eigenvalue weighted by atomic mass is 16.4. The van der Waals surface area contributed by atoms with E-state index >= 15 is 0 Å². The summed E-state index contributed by atoms with van der Waals surface area (Å²) in [7, 11) is 0. The third-order valence-electron chi connectivity index (χ3n) is 4.99. The fourth-order valence-corrected chi connectivity index (χ4v) is 3.03. The Kier molecular flexibility index (Phi) is 11.7. The van der Waals surface area contributed by atoms with Crippen LogP contribution in [-0.4, -0.2) is 70.6 Å². The van der Waals surface area contributed by atoms with E-state index in [1.54, 1.807) is 38.1 Å². The van der Waals surface area contributed by atoms with E-state index in [9.17, 15) is 34.2 Å². The van der Waals surface area contributed by atoms with Crippen molar-refractivity contribution in [3.8, 4) is 0 Å². The minimum absolute atomic E-state index is 0.214. The third kappa shape index (κ3) is 9.55. The molecule has 12 heteroatoms. The molecule has 34 heavy (non-hydrogen) atoms. The van der Waals surface area contributed by atoms with Crippen LogP contribution in [0.3, 0.4) is 0 Å². The molecule has 0 aliphatic heterocycles. The number of aliphatic carboxylic acids is 1. The van der Waals surface area contributed by atoms with Gasteiger partial charge >= 0.3 is 5.97 Å². The maximum Gasteiger partial charge on any atom is 0.326 e. The first kappa shape index (κ1) is 28.5. The van der Waals surface area contributed by atoms with Gasteiger partial charge in [0.05, 0.1) is 12.6 Å². The largest absolute Gasteiger partial charge is 0.480 e. The average Bonchev–Trinajstić information content (AvgIpc) is 2.77. The molecule has 4 amide bonds. The standard InChI is InChI=1S/C22H33N5O7/c1-12(2)18(21(32)25-15(22(33)34)8-9-17(24)29)27-20(31)16(11-28)26-19(30)14(23)10-13-6-4-3-5-7-13/h3-7,12,14-16,18,28H,8-11,23H2,1-2H3,(H2,24,29)(H,25,32)(H,26,30)(H,27,31)(H,33,34). The Balaban J connectivity index is 2.79. The van der Waals surface area contributed by atoms with Gasteiger partial charge in [0.15, 0.2) is 0 Å². The van der Waals surface area contributed by atoms with Gasteiger partial charge in [0.25, 0.3) is 0 Å². The zero-order chi connectivity index (χ0) is 25.8. The fraction of sp³-hybridized carbons (Fsp3) is 0.500. The lowest BCUT2D eigenvalue weighted by atomic mass is 10.0. The zero-order valence-corrected chi connectivity index (χ0v) is 19.2. The number of nitrogens with two attached hydrogens (primary N) is 2. The number of carbonyl (C=O) groups is 5. The molecule has 1 rings (SSSR count). The van der Waals surface area contributed by atoms with Gasteiger partial charge in [-0.2, -0.15) is 0 Å². The van der Waals surface area contributed by atoms with Crippen LogP contribution in [0.15, 0.2) is 30.3 Å². The van der Waals surface area contributed by atoms with E-state index in [2.05, 4.69) is 16.0 Å². The lowest BCUT2D eigenvalue weighted by Gasteiger charge is -2.26. The minimum Gasteiger partial charge on any atom is -0.480 e. The maximum absolute atomic E-state index is 12.7. The molecule has 0 heterocycles. The Morgan fingerprint density at radius 1 is 0.912 bits per heavy atom. The normalized spacial score (nSPS) is 14.4. The smallest absolute Gasteiger partial charge is 0.326 e. The van der Waals surface area contributed by atoms with Gasteiger partial charge in [-0.1, -0.05) is 44.2 Å². The first-order valence-corrected chi connectivity index (χ1v) is 10.8. The highest BCUT2D eigenvalue weighted by Gasteiger charge is 2.31. The second-order valence-corrected chi connectivity index (χ2v) is 8.17. The minimum atomic E-state index is -1.39. The van der Waals surface area contributed by atoms with Crippen LogP contribution in [0.2, 0.25) is 0 Å². The summed E-state index contributed by atoms with van der Waals surface area (Å²) in [4.78, 5) is 60.0.